The number of guanidine groups is 1. The average molecular weight is 388 g/mol. The number of aryl methyl sites for hydroxylation is 1. The lowest BCUT2D eigenvalue weighted by Crippen LogP contribution is -2.42. The molecule has 0 aliphatic rings. The zero-order valence-electron chi connectivity index (χ0n) is 13.6. The first-order chi connectivity index (χ1) is 11.5. The molecule has 0 saturated heterocycles. The first-order valence-corrected chi connectivity index (χ1v) is 10.6. The second-order valence-electron chi connectivity index (χ2n) is 4.87. The quantitative estimate of drug-likeness (QED) is 0.359. The van der Waals surface area contributed by atoms with Gasteiger partial charge in [0, 0.05) is 44.2 Å². The first-order valence-electron chi connectivity index (χ1n) is 7.40. The third-order valence-electron chi connectivity index (χ3n) is 2.99. The third kappa shape index (κ3) is 5.86. The summed E-state index contributed by atoms with van der Waals surface area (Å²) >= 11 is 2.88. The van der Waals surface area contributed by atoms with E-state index in [1.807, 2.05) is 13.1 Å². The molecule has 2 heterocycles. The van der Waals surface area contributed by atoms with E-state index >= 15 is 0 Å². The fraction of sp³-hybridized carbons (Fsp3) is 0.429. The third-order valence-corrected chi connectivity index (χ3v) is 6.82. The number of hydrogen-bond acceptors (Lipinski definition) is 6. The number of aromatic nitrogens is 1. The molecule has 0 aromatic carbocycles. The van der Waals surface area contributed by atoms with Gasteiger partial charge in [-0.15, -0.1) is 22.7 Å². The van der Waals surface area contributed by atoms with Gasteiger partial charge in [0.1, 0.15) is 4.21 Å². The van der Waals surface area contributed by atoms with Crippen molar-refractivity contribution in [3.8, 4) is 0 Å². The van der Waals surface area contributed by atoms with E-state index in [9.17, 15) is 8.42 Å². The minimum Gasteiger partial charge on any atom is -0.356 e. The summed E-state index contributed by atoms with van der Waals surface area (Å²) in [6, 6.07) is 3.30. The van der Waals surface area contributed by atoms with Gasteiger partial charge < -0.3 is 10.6 Å². The lowest BCUT2D eigenvalue weighted by atomic mass is 10.4. The van der Waals surface area contributed by atoms with Crippen LogP contribution in [0.5, 0.6) is 0 Å². The van der Waals surface area contributed by atoms with Crippen LogP contribution >= 0.6 is 22.7 Å². The molecular weight excluding hydrogens is 366 g/mol. The molecular formula is C14H21N5O2S3. The predicted molar refractivity (Wildman–Crippen MR) is 99.4 cm³/mol. The zero-order valence-corrected chi connectivity index (χ0v) is 16.0. The molecule has 132 valence electrons. The van der Waals surface area contributed by atoms with Crippen molar-refractivity contribution in [2.45, 2.75) is 17.6 Å². The summed E-state index contributed by atoms with van der Waals surface area (Å²) in [6.45, 7) is 3.48. The Balaban J connectivity index is 1.66. The molecule has 2 aromatic rings. The average Bonchev–Trinajstić information content (AvgIpc) is 3.21. The Bertz CT molecular complexity index is 753. The van der Waals surface area contributed by atoms with E-state index in [2.05, 4.69) is 25.3 Å². The van der Waals surface area contributed by atoms with Crippen LogP contribution in [0.25, 0.3) is 0 Å². The lowest BCUT2D eigenvalue weighted by molar-refractivity contribution is 0.582. The zero-order chi connectivity index (χ0) is 17.4. The molecule has 10 heteroatoms. The van der Waals surface area contributed by atoms with Crippen molar-refractivity contribution in [3.05, 3.63) is 33.6 Å². The van der Waals surface area contributed by atoms with Gasteiger partial charge in [-0.25, -0.2) is 18.1 Å². The number of sulfonamides is 1. The van der Waals surface area contributed by atoms with Crippen molar-refractivity contribution >= 4 is 38.7 Å². The summed E-state index contributed by atoms with van der Waals surface area (Å²) in [4.78, 5) is 9.62. The van der Waals surface area contributed by atoms with Crippen molar-refractivity contribution < 1.29 is 8.42 Å². The molecule has 0 radical (unpaired) electrons. The van der Waals surface area contributed by atoms with Crippen LogP contribution in [0.4, 0.5) is 0 Å². The normalized spacial score (nSPS) is 12.3. The molecule has 0 bridgehead atoms. The molecule has 24 heavy (non-hydrogen) atoms. The summed E-state index contributed by atoms with van der Waals surface area (Å²) in [6.07, 6.45) is 2.69. The van der Waals surface area contributed by atoms with Gasteiger partial charge in [-0.3, -0.25) is 4.99 Å². The van der Waals surface area contributed by atoms with Crippen molar-refractivity contribution in [2.75, 3.05) is 26.7 Å². The molecule has 0 saturated carbocycles. The van der Waals surface area contributed by atoms with E-state index in [-0.39, 0.29) is 6.54 Å². The van der Waals surface area contributed by atoms with Gasteiger partial charge in [0.15, 0.2) is 5.96 Å². The molecule has 0 unspecified atom stereocenters. The maximum atomic E-state index is 12.0. The highest BCUT2D eigenvalue weighted by molar-refractivity contribution is 7.91. The molecule has 0 fully saturated rings. The van der Waals surface area contributed by atoms with E-state index in [1.54, 1.807) is 35.9 Å². The monoisotopic (exact) mass is 387 g/mol. The summed E-state index contributed by atoms with van der Waals surface area (Å²) in [5.74, 6) is 0.638. The van der Waals surface area contributed by atoms with E-state index in [4.69, 9.17) is 0 Å². The van der Waals surface area contributed by atoms with Crippen LogP contribution in [0.3, 0.4) is 0 Å². The van der Waals surface area contributed by atoms with Gasteiger partial charge in [0.2, 0.25) is 10.0 Å². The van der Waals surface area contributed by atoms with Crippen molar-refractivity contribution in [1.82, 2.24) is 20.3 Å². The lowest BCUT2D eigenvalue weighted by Gasteiger charge is -2.11. The highest BCUT2D eigenvalue weighted by Gasteiger charge is 2.13. The molecule has 0 atom stereocenters. The minimum atomic E-state index is -3.41. The number of hydrogen-bond donors (Lipinski definition) is 3. The van der Waals surface area contributed by atoms with Gasteiger partial charge in [0.05, 0.1) is 5.01 Å². The molecule has 0 aliphatic carbocycles. The Morgan fingerprint density at radius 1 is 1.29 bits per heavy atom. The number of thiophene rings is 1. The van der Waals surface area contributed by atoms with E-state index in [1.165, 1.54) is 16.2 Å². The molecule has 0 amide bonds. The Kier molecular flexibility index (Phi) is 7.16. The largest absolute Gasteiger partial charge is 0.356 e. The summed E-state index contributed by atoms with van der Waals surface area (Å²) in [5, 5.41) is 9.08. The molecule has 7 nitrogen and oxygen atoms in total. The van der Waals surface area contributed by atoms with E-state index in [0.717, 1.165) is 11.4 Å². The van der Waals surface area contributed by atoms with Crippen LogP contribution in [0.2, 0.25) is 0 Å². The molecule has 2 rings (SSSR count). The van der Waals surface area contributed by atoms with Gasteiger partial charge >= 0.3 is 0 Å². The second kappa shape index (κ2) is 9.11. The van der Waals surface area contributed by atoms with Gasteiger partial charge in [0.25, 0.3) is 0 Å². The Morgan fingerprint density at radius 3 is 2.71 bits per heavy atom. The smallest absolute Gasteiger partial charge is 0.250 e. The fourth-order valence-corrected chi connectivity index (χ4v) is 4.74. The van der Waals surface area contributed by atoms with Crippen molar-refractivity contribution in [1.29, 1.82) is 0 Å². The molecule has 0 aliphatic heterocycles. The number of aliphatic imine (C=N–C) groups is 1. The van der Waals surface area contributed by atoms with Gasteiger partial charge in [-0.2, -0.15) is 0 Å². The molecule has 2 aromatic heterocycles. The highest BCUT2D eigenvalue weighted by atomic mass is 32.2. The number of thiazole rings is 1. The summed E-state index contributed by atoms with van der Waals surface area (Å²) < 4.78 is 26.8. The second-order valence-corrected chi connectivity index (χ2v) is 9.13. The maximum absolute atomic E-state index is 12.0. The first kappa shape index (κ1) is 18.8. The van der Waals surface area contributed by atoms with Crippen LogP contribution in [0.1, 0.15) is 9.88 Å². The predicted octanol–water partition coefficient (Wildman–Crippen LogP) is 1.20. The van der Waals surface area contributed by atoms with Crippen molar-refractivity contribution in [2.24, 2.45) is 4.99 Å². The van der Waals surface area contributed by atoms with Crippen molar-refractivity contribution in [3.63, 3.8) is 0 Å². The molecule has 3 N–H and O–H groups in total. The van der Waals surface area contributed by atoms with Crippen LogP contribution in [-0.4, -0.2) is 46.0 Å². The SMILES string of the molecule is CN=C(NCCNS(=O)(=O)c1cccs1)NCCc1ncc(C)s1. The maximum Gasteiger partial charge on any atom is 0.250 e. The Hall–Kier alpha value is -1.49. The highest BCUT2D eigenvalue weighted by Crippen LogP contribution is 2.14. The Labute approximate surface area is 150 Å². The number of nitrogens with zero attached hydrogens (tertiary/aromatic N) is 2. The standard InChI is InChI=1S/C14H21N5O2S3/c1-11-10-18-12(23-11)5-6-16-14(15-2)17-7-8-19-24(20,21)13-4-3-9-22-13/h3-4,9-10,19H,5-8H2,1-2H3,(H2,15,16,17). The van der Waals surface area contributed by atoms with Gasteiger partial charge in [-0.05, 0) is 18.4 Å². The van der Waals surface area contributed by atoms with Crippen LogP contribution in [-0.2, 0) is 16.4 Å². The van der Waals surface area contributed by atoms with Gasteiger partial charge in [-0.1, -0.05) is 6.07 Å². The summed E-state index contributed by atoms with van der Waals surface area (Å²) in [5.41, 5.74) is 0. The summed E-state index contributed by atoms with van der Waals surface area (Å²) in [7, 11) is -1.73. The minimum absolute atomic E-state index is 0.284. The van der Waals surface area contributed by atoms with E-state index in [0.29, 0.717) is 23.3 Å². The van der Waals surface area contributed by atoms with Crippen LogP contribution in [0, 0.1) is 6.92 Å². The topological polar surface area (TPSA) is 95.5 Å². The van der Waals surface area contributed by atoms with Crippen LogP contribution < -0.4 is 15.4 Å². The molecule has 0 spiro atoms. The number of nitrogens with one attached hydrogen (secondary N) is 3. The van der Waals surface area contributed by atoms with Crippen LogP contribution in [0.15, 0.2) is 32.9 Å². The van der Waals surface area contributed by atoms with E-state index < -0.39 is 10.0 Å². The Morgan fingerprint density at radius 2 is 2.08 bits per heavy atom. The number of rotatable bonds is 8. The fourth-order valence-electron chi connectivity index (χ4n) is 1.88.